The van der Waals surface area contributed by atoms with Crippen molar-refractivity contribution in [3.63, 3.8) is 0 Å². The summed E-state index contributed by atoms with van der Waals surface area (Å²) in [6.45, 7) is 1.79. The molecule has 0 saturated carbocycles. The Balaban J connectivity index is 1.82. The third kappa shape index (κ3) is 16.2. The Morgan fingerprint density at radius 3 is 1.96 bits per heavy atom. The molecule has 11 nitrogen and oxygen atoms in total. The van der Waals surface area contributed by atoms with Crippen LogP contribution in [0.5, 0.6) is 0 Å². The number of hydrogen-bond donors (Lipinski definition) is 7. The maximum absolute atomic E-state index is 12.8. The van der Waals surface area contributed by atoms with Gasteiger partial charge in [0, 0.05) is 6.42 Å². The summed E-state index contributed by atoms with van der Waals surface area (Å²) < 4.78 is 10.7. The monoisotopic (exact) mass is 667 g/mol. The Bertz CT molecular complexity index is 966. The van der Waals surface area contributed by atoms with Crippen molar-refractivity contribution in [3.8, 4) is 0 Å². The van der Waals surface area contributed by atoms with Gasteiger partial charge >= 0.3 is 5.97 Å². The van der Waals surface area contributed by atoms with Gasteiger partial charge in [0.1, 0.15) is 24.4 Å². The molecule has 0 aromatic heterocycles. The van der Waals surface area contributed by atoms with Gasteiger partial charge in [0.05, 0.1) is 18.8 Å². The zero-order valence-corrected chi connectivity index (χ0v) is 28.3. The van der Waals surface area contributed by atoms with E-state index >= 15 is 0 Å². The van der Waals surface area contributed by atoms with Crippen LogP contribution in [0.1, 0.15) is 122 Å². The van der Waals surface area contributed by atoms with Crippen molar-refractivity contribution in [2.24, 2.45) is 0 Å². The first-order valence-corrected chi connectivity index (χ1v) is 17.9. The van der Waals surface area contributed by atoms with Gasteiger partial charge in [0.25, 0.3) is 0 Å². The summed E-state index contributed by atoms with van der Waals surface area (Å²) in [5, 5.41) is 64.3. The quantitative estimate of drug-likeness (QED) is 0.0713. The minimum Gasteiger partial charge on any atom is -0.479 e. The van der Waals surface area contributed by atoms with Gasteiger partial charge < -0.3 is 45.4 Å². The van der Waals surface area contributed by atoms with Crippen molar-refractivity contribution < 1.29 is 49.7 Å². The lowest BCUT2D eigenvalue weighted by Crippen LogP contribution is -2.61. The van der Waals surface area contributed by atoms with Crippen LogP contribution in [0.4, 0.5) is 0 Å². The van der Waals surface area contributed by atoms with E-state index in [0.717, 1.165) is 38.5 Å². The van der Waals surface area contributed by atoms with Gasteiger partial charge in [-0.05, 0) is 31.2 Å². The van der Waals surface area contributed by atoms with Gasteiger partial charge in [-0.3, -0.25) is 4.79 Å². The molecule has 1 amide bonds. The lowest BCUT2D eigenvalue weighted by atomic mass is 9.98. The fourth-order valence-electron chi connectivity index (χ4n) is 5.96. The number of hydrogen-bond acceptors (Lipinski definition) is 9. The first-order chi connectivity index (χ1) is 22.6. The summed E-state index contributed by atoms with van der Waals surface area (Å²) >= 11 is 0. The van der Waals surface area contributed by atoms with Crippen LogP contribution in [-0.2, 0) is 25.5 Å². The average molecular weight is 668 g/mol. The molecule has 1 aliphatic heterocycles. The van der Waals surface area contributed by atoms with Crippen LogP contribution >= 0.6 is 0 Å². The second-order valence-corrected chi connectivity index (χ2v) is 13.0. The third-order valence-electron chi connectivity index (χ3n) is 8.97. The predicted molar refractivity (Wildman–Crippen MR) is 179 cm³/mol. The van der Waals surface area contributed by atoms with Crippen LogP contribution in [0.2, 0.25) is 0 Å². The van der Waals surface area contributed by atoms with Crippen LogP contribution in [0, 0.1) is 0 Å². The van der Waals surface area contributed by atoms with E-state index in [2.05, 4.69) is 24.4 Å². The summed E-state index contributed by atoms with van der Waals surface area (Å²) in [7, 11) is 0. The van der Waals surface area contributed by atoms with E-state index in [4.69, 9.17) is 9.47 Å². The first-order valence-electron chi connectivity index (χ1n) is 17.9. The van der Waals surface area contributed by atoms with Gasteiger partial charge in [-0.2, -0.15) is 0 Å². The second kappa shape index (κ2) is 24.1. The van der Waals surface area contributed by atoms with E-state index in [9.17, 15) is 40.2 Å². The summed E-state index contributed by atoms with van der Waals surface area (Å²) in [5.41, 5.74) is 1.23. The molecule has 0 aliphatic carbocycles. The summed E-state index contributed by atoms with van der Waals surface area (Å²) in [5.74, 6) is -1.90. The van der Waals surface area contributed by atoms with Crippen molar-refractivity contribution in [1.82, 2.24) is 5.32 Å². The minimum atomic E-state index is -1.87. The summed E-state index contributed by atoms with van der Waals surface area (Å²) in [4.78, 5) is 24.3. The average Bonchev–Trinajstić information content (AvgIpc) is 3.06. The molecule has 1 aliphatic rings. The maximum Gasteiger partial charge on any atom is 0.335 e. The molecule has 1 aromatic rings. The standard InChI is InChI=1S/C36H61NO10/c1-2-3-4-5-6-7-8-9-10-11-12-18-23-28(38)30(40)27(25-46-36-33(43)31(41)32(42)34(47-36)35(44)45)37-29(39)24-19-14-17-22-26-20-15-13-16-21-26/h13,15-16,20-21,27-28,30-34,36,38,40-43H,2-12,14,17-19,22-25H2,1H3,(H,37,39)(H,44,45)/t27-,28+,30-,31-,32+,33+,34-,36-/m0/s1. The van der Waals surface area contributed by atoms with Gasteiger partial charge in [-0.1, -0.05) is 121 Å². The van der Waals surface area contributed by atoms with Crippen LogP contribution in [0.3, 0.4) is 0 Å². The molecule has 8 atom stereocenters. The van der Waals surface area contributed by atoms with E-state index in [0.29, 0.717) is 19.3 Å². The molecule has 0 bridgehead atoms. The fraction of sp³-hybridized carbons (Fsp3) is 0.778. The molecule has 11 heteroatoms. The zero-order chi connectivity index (χ0) is 34.4. The summed E-state index contributed by atoms with van der Waals surface area (Å²) in [6.07, 6.45) is 6.26. The molecule has 2 rings (SSSR count). The SMILES string of the molecule is CCCCCCCCCCCCCC[C@@H](O)[C@@H](O)[C@H](CO[C@H]1O[C@H](C(=O)O)[C@H](O)[C@H](O)[C@H]1O)NC(=O)CCCCCc1ccccc1. The maximum atomic E-state index is 12.8. The van der Waals surface area contributed by atoms with E-state index in [1.54, 1.807) is 0 Å². The number of amides is 1. The Kier molecular flexibility index (Phi) is 21.0. The number of ether oxygens (including phenoxy) is 2. The Hall–Kier alpha value is -2.12. The van der Waals surface area contributed by atoms with E-state index in [1.807, 2.05) is 18.2 Å². The molecular formula is C36H61NO10. The second-order valence-electron chi connectivity index (χ2n) is 13.0. The number of aliphatic hydroxyl groups excluding tert-OH is 5. The molecule has 1 aromatic carbocycles. The number of rotatable bonds is 26. The molecule has 0 spiro atoms. The van der Waals surface area contributed by atoms with Crippen molar-refractivity contribution in [2.45, 2.75) is 171 Å². The Labute approximate surface area is 280 Å². The number of nitrogens with one attached hydrogen (secondary N) is 1. The molecule has 1 fully saturated rings. The number of aryl methyl sites for hydroxylation is 1. The van der Waals surface area contributed by atoms with Crippen LogP contribution < -0.4 is 5.32 Å². The minimum absolute atomic E-state index is 0.196. The van der Waals surface area contributed by atoms with Crippen molar-refractivity contribution in [1.29, 1.82) is 0 Å². The molecule has 0 radical (unpaired) electrons. The molecule has 270 valence electrons. The number of carboxylic acids is 1. The number of aliphatic carboxylic acids is 1. The van der Waals surface area contributed by atoms with Crippen molar-refractivity contribution in [3.05, 3.63) is 35.9 Å². The van der Waals surface area contributed by atoms with Crippen LogP contribution in [-0.4, -0.2) is 98.1 Å². The van der Waals surface area contributed by atoms with Crippen LogP contribution in [0.25, 0.3) is 0 Å². The van der Waals surface area contributed by atoms with E-state index < -0.39 is 61.5 Å². The number of carbonyl (C=O) groups is 2. The number of carbonyl (C=O) groups excluding carboxylic acids is 1. The molecule has 0 unspecified atom stereocenters. The third-order valence-corrected chi connectivity index (χ3v) is 8.97. The molecule has 7 N–H and O–H groups in total. The highest BCUT2D eigenvalue weighted by Crippen LogP contribution is 2.23. The lowest BCUT2D eigenvalue weighted by molar-refractivity contribution is -0.296. The molecule has 47 heavy (non-hydrogen) atoms. The van der Waals surface area contributed by atoms with Crippen LogP contribution in [0.15, 0.2) is 30.3 Å². The van der Waals surface area contributed by atoms with Gasteiger partial charge in [-0.25, -0.2) is 4.79 Å². The number of unbranched alkanes of at least 4 members (excludes halogenated alkanes) is 13. The lowest BCUT2D eigenvalue weighted by Gasteiger charge is -2.39. The number of aliphatic hydroxyl groups is 5. The largest absolute Gasteiger partial charge is 0.479 e. The Morgan fingerprint density at radius 1 is 0.787 bits per heavy atom. The fourth-order valence-corrected chi connectivity index (χ4v) is 5.96. The highest BCUT2D eigenvalue weighted by Gasteiger charge is 2.47. The first kappa shape index (κ1) is 41.1. The normalized spacial score (nSPS) is 23.2. The summed E-state index contributed by atoms with van der Waals surface area (Å²) in [6, 6.07) is 8.98. The highest BCUT2D eigenvalue weighted by molar-refractivity contribution is 5.76. The highest BCUT2D eigenvalue weighted by atomic mass is 16.7. The topological polar surface area (TPSA) is 186 Å². The number of benzene rings is 1. The van der Waals surface area contributed by atoms with E-state index in [-0.39, 0.29) is 12.3 Å². The van der Waals surface area contributed by atoms with Crippen molar-refractivity contribution in [2.75, 3.05) is 6.61 Å². The zero-order valence-electron chi connectivity index (χ0n) is 28.3. The van der Waals surface area contributed by atoms with Crippen molar-refractivity contribution >= 4 is 11.9 Å². The molecule has 1 saturated heterocycles. The molecule has 1 heterocycles. The van der Waals surface area contributed by atoms with Gasteiger partial charge in [0.2, 0.25) is 5.91 Å². The molecular weight excluding hydrogens is 606 g/mol. The van der Waals surface area contributed by atoms with Gasteiger partial charge in [0.15, 0.2) is 12.4 Å². The Morgan fingerprint density at radius 2 is 1.36 bits per heavy atom. The smallest absolute Gasteiger partial charge is 0.335 e. The van der Waals surface area contributed by atoms with Gasteiger partial charge in [-0.15, -0.1) is 0 Å². The van der Waals surface area contributed by atoms with E-state index in [1.165, 1.54) is 56.9 Å². The number of carboxylic acid groups (broad SMARTS) is 1. The predicted octanol–water partition coefficient (Wildman–Crippen LogP) is 4.00.